The van der Waals surface area contributed by atoms with Gasteiger partial charge < -0.3 is 14.5 Å². The van der Waals surface area contributed by atoms with Crippen molar-refractivity contribution in [2.45, 2.75) is 6.42 Å². The van der Waals surface area contributed by atoms with Crippen molar-refractivity contribution in [2.75, 3.05) is 38.1 Å². The predicted octanol–water partition coefficient (Wildman–Crippen LogP) is 2.85. The van der Waals surface area contributed by atoms with Crippen molar-refractivity contribution in [1.82, 2.24) is 19.3 Å². The lowest BCUT2D eigenvalue weighted by molar-refractivity contribution is 0.0733. The number of aromatic amines is 1. The summed E-state index contributed by atoms with van der Waals surface area (Å²) in [7, 11) is -2.51. The van der Waals surface area contributed by atoms with E-state index in [0.29, 0.717) is 35.9 Å². The van der Waals surface area contributed by atoms with Crippen LogP contribution in [-0.2, 0) is 21.4 Å². The molecule has 0 aliphatic carbocycles. The zero-order valence-corrected chi connectivity index (χ0v) is 21.0. The number of nitrogens with zero attached hydrogens (tertiary/aromatic N) is 3. The quantitative estimate of drug-likeness (QED) is 0.367. The standard InChI is InChI=1S/C25H23F2N5O5S/c1-36-23-12-19-21(13-22(23)31-38(34,35)32-4-6-37-7-5-32)29-24(30-25(19)33)8-15-2-3-20(28-14-15)16-9-17(26)11-18(27)10-16/h2-3,9-14,31H,4-8H2,1H3,(H,29,30,33). The van der Waals surface area contributed by atoms with E-state index in [2.05, 4.69) is 19.7 Å². The van der Waals surface area contributed by atoms with Crippen LogP contribution in [0.4, 0.5) is 14.5 Å². The summed E-state index contributed by atoms with van der Waals surface area (Å²) < 4.78 is 67.2. The first-order valence-electron chi connectivity index (χ1n) is 11.6. The van der Waals surface area contributed by atoms with Gasteiger partial charge in [0, 0.05) is 37.3 Å². The molecule has 13 heteroatoms. The van der Waals surface area contributed by atoms with Gasteiger partial charge in [-0.3, -0.25) is 14.5 Å². The summed E-state index contributed by atoms with van der Waals surface area (Å²) >= 11 is 0. The lowest BCUT2D eigenvalue weighted by atomic mass is 10.1. The highest BCUT2D eigenvalue weighted by atomic mass is 32.2. The van der Waals surface area contributed by atoms with Gasteiger partial charge in [0.05, 0.1) is 42.6 Å². The van der Waals surface area contributed by atoms with E-state index in [4.69, 9.17) is 9.47 Å². The van der Waals surface area contributed by atoms with Crippen LogP contribution in [-0.4, -0.2) is 61.1 Å². The molecule has 2 N–H and O–H groups in total. The zero-order valence-electron chi connectivity index (χ0n) is 20.2. The second-order valence-electron chi connectivity index (χ2n) is 8.59. The molecule has 0 bridgehead atoms. The van der Waals surface area contributed by atoms with Gasteiger partial charge in [-0.05, 0) is 35.9 Å². The van der Waals surface area contributed by atoms with Crippen LogP contribution < -0.4 is 15.0 Å². The van der Waals surface area contributed by atoms with Gasteiger partial charge in [0.2, 0.25) is 0 Å². The Morgan fingerprint density at radius 3 is 2.50 bits per heavy atom. The number of hydrogen-bond donors (Lipinski definition) is 2. The molecule has 2 aromatic heterocycles. The second kappa shape index (κ2) is 10.4. The van der Waals surface area contributed by atoms with Crippen molar-refractivity contribution in [1.29, 1.82) is 0 Å². The van der Waals surface area contributed by atoms with E-state index in [1.165, 1.54) is 41.9 Å². The molecule has 4 aromatic rings. The Labute approximate surface area is 216 Å². The van der Waals surface area contributed by atoms with Crippen molar-refractivity contribution in [3.63, 3.8) is 0 Å². The number of morpholine rings is 1. The van der Waals surface area contributed by atoms with Crippen molar-refractivity contribution in [2.24, 2.45) is 0 Å². The maximum atomic E-state index is 13.5. The smallest absolute Gasteiger partial charge is 0.301 e. The summed E-state index contributed by atoms with van der Waals surface area (Å²) in [6, 6.07) is 9.37. The van der Waals surface area contributed by atoms with Crippen LogP contribution in [0, 0.1) is 11.6 Å². The van der Waals surface area contributed by atoms with Gasteiger partial charge in [-0.1, -0.05) is 6.07 Å². The monoisotopic (exact) mass is 543 g/mol. The van der Waals surface area contributed by atoms with Crippen LogP contribution >= 0.6 is 0 Å². The van der Waals surface area contributed by atoms with Crippen molar-refractivity contribution < 1.29 is 26.7 Å². The molecule has 1 saturated heterocycles. The van der Waals surface area contributed by atoms with E-state index >= 15 is 0 Å². The predicted molar refractivity (Wildman–Crippen MR) is 136 cm³/mol. The maximum Gasteiger partial charge on any atom is 0.301 e. The number of nitrogens with one attached hydrogen (secondary N) is 2. The third-order valence-corrected chi connectivity index (χ3v) is 7.50. The van der Waals surface area contributed by atoms with Crippen molar-refractivity contribution in [3.05, 3.63) is 82.0 Å². The van der Waals surface area contributed by atoms with Gasteiger partial charge in [-0.15, -0.1) is 0 Å². The lowest BCUT2D eigenvalue weighted by Gasteiger charge is -2.26. The number of hydrogen-bond acceptors (Lipinski definition) is 7. The first-order chi connectivity index (χ1) is 18.2. The van der Waals surface area contributed by atoms with Gasteiger partial charge in [-0.25, -0.2) is 13.8 Å². The fourth-order valence-corrected chi connectivity index (χ4v) is 5.33. The number of rotatable bonds is 7. The van der Waals surface area contributed by atoms with E-state index in [1.54, 1.807) is 12.1 Å². The molecule has 0 unspecified atom stereocenters. The molecule has 0 atom stereocenters. The summed E-state index contributed by atoms with van der Waals surface area (Å²) in [6.07, 6.45) is 1.73. The molecular formula is C25H23F2N5O5S. The highest BCUT2D eigenvalue weighted by molar-refractivity contribution is 7.90. The summed E-state index contributed by atoms with van der Waals surface area (Å²) in [5.41, 5.74) is 1.36. The molecule has 1 aliphatic rings. The third-order valence-electron chi connectivity index (χ3n) is 5.98. The molecule has 1 aliphatic heterocycles. The SMILES string of the molecule is COc1cc2c(=O)[nH]c(Cc3ccc(-c4cc(F)cc(F)c4)nc3)nc2cc1NS(=O)(=O)N1CCOCC1. The normalized spacial score (nSPS) is 14.5. The summed E-state index contributed by atoms with van der Waals surface area (Å²) in [5, 5.41) is 0.224. The number of halogens is 2. The molecule has 38 heavy (non-hydrogen) atoms. The number of H-pyrrole nitrogens is 1. The van der Waals surface area contributed by atoms with Gasteiger partial charge in [0.1, 0.15) is 23.2 Å². The van der Waals surface area contributed by atoms with Gasteiger partial charge in [0.15, 0.2) is 0 Å². The molecule has 2 aromatic carbocycles. The Balaban J connectivity index is 1.43. The van der Waals surface area contributed by atoms with Crippen LogP contribution in [0.2, 0.25) is 0 Å². The van der Waals surface area contributed by atoms with E-state index < -0.39 is 27.4 Å². The molecule has 5 rings (SSSR count). The number of pyridine rings is 1. The van der Waals surface area contributed by atoms with Crippen LogP contribution in [0.25, 0.3) is 22.2 Å². The van der Waals surface area contributed by atoms with Gasteiger partial charge in [-0.2, -0.15) is 12.7 Å². The van der Waals surface area contributed by atoms with Crippen molar-refractivity contribution >= 4 is 26.8 Å². The molecule has 0 amide bonds. The molecule has 0 saturated carbocycles. The molecule has 1 fully saturated rings. The van der Waals surface area contributed by atoms with Crippen LogP contribution in [0.1, 0.15) is 11.4 Å². The molecular weight excluding hydrogens is 520 g/mol. The fraction of sp³-hybridized carbons (Fsp3) is 0.240. The number of ether oxygens (including phenoxy) is 2. The number of anilines is 1. The van der Waals surface area contributed by atoms with E-state index in [1.807, 2.05) is 0 Å². The van der Waals surface area contributed by atoms with Gasteiger partial charge >= 0.3 is 10.2 Å². The zero-order chi connectivity index (χ0) is 26.9. The number of aromatic nitrogens is 3. The van der Waals surface area contributed by atoms with Crippen molar-refractivity contribution in [3.8, 4) is 17.0 Å². The Hall–Kier alpha value is -3.94. The third kappa shape index (κ3) is 5.49. The number of methoxy groups -OCH3 is 1. The Bertz CT molecular complexity index is 1640. The molecule has 198 valence electrons. The van der Waals surface area contributed by atoms with Gasteiger partial charge in [0.25, 0.3) is 5.56 Å². The lowest BCUT2D eigenvalue weighted by Crippen LogP contribution is -2.43. The van der Waals surface area contributed by atoms with Crippen LogP contribution in [0.3, 0.4) is 0 Å². The summed E-state index contributed by atoms with van der Waals surface area (Å²) in [5.74, 6) is -0.914. The van der Waals surface area contributed by atoms with E-state index in [-0.39, 0.29) is 41.9 Å². The molecule has 0 spiro atoms. The molecule has 10 nitrogen and oxygen atoms in total. The topological polar surface area (TPSA) is 127 Å². The fourth-order valence-electron chi connectivity index (χ4n) is 4.13. The second-order valence-corrected chi connectivity index (χ2v) is 10.3. The molecule has 3 heterocycles. The Morgan fingerprint density at radius 1 is 1.11 bits per heavy atom. The first kappa shape index (κ1) is 25.7. The summed E-state index contributed by atoms with van der Waals surface area (Å²) in [4.78, 5) is 24.3. The van der Waals surface area contributed by atoms with E-state index in [0.717, 1.165) is 6.07 Å². The first-order valence-corrected chi connectivity index (χ1v) is 13.0. The maximum absolute atomic E-state index is 13.5. The Kier molecular flexibility index (Phi) is 7.06. The number of benzene rings is 2. The Morgan fingerprint density at radius 2 is 1.84 bits per heavy atom. The molecule has 0 radical (unpaired) electrons. The average Bonchev–Trinajstić information content (AvgIpc) is 2.88. The average molecular weight is 544 g/mol. The largest absolute Gasteiger partial charge is 0.495 e. The van der Waals surface area contributed by atoms with Crippen LogP contribution in [0.15, 0.2) is 53.5 Å². The highest BCUT2D eigenvalue weighted by Crippen LogP contribution is 2.30. The summed E-state index contributed by atoms with van der Waals surface area (Å²) in [6.45, 7) is 1.03. The minimum atomic E-state index is -3.88. The number of fused-ring (bicyclic) bond motifs is 1. The van der Waals surface area contributed by atoms with E-state index in [9.17, 15) is 22.0 Å². The highest BCUT2D eigenvalue weighted by Gasteiger charge is 2.25. The van der Waals surface area contributed by atoms with Crippen LogP contribution in [0.5, 0.6) is 5.75 Å². The minimum Gasteiger partial charge on any atom is -0.495 e. The minimum absolute atomic E-state index is 0.142.